The third kappa shape index (κ3) is 3.26. The minimum Gasteiger partial charge on any atom is -0.378 e. The fourth-order valence-corrected chi connectivity index (χ4v) is 4.68. The number of anilines is 1. The topological polar surface area (TPSA) is 67.3 Å². The van der Waals surface area contributed by atoms with Gasteiger partial charge in [0.15, 0.2) is 0 Å². The van der Waals surface area contributed by atoms with Gasteiger partial charge in [-0.2, -0.15) is 0 Å². The molecule has 0 N–H and O–H groups in total. The molecule has 5 rings (SSSR count). The highest BCUT2D eigenvalue weighted by atomic mass is 16.5. The molecule has 0 saturated carbocycles. The van der Waals surface area contributed by atoms with Crippen molar-refractivity contribution >= 4 is 5.95 Å². The summed E-state index contributed by atoms with van der Waals surface area (Å²) in [6, 6.07) is 0.965. The number of ether oxygens (including phenoxy) is 1. The van der Waals surface area contributed by atoms with Crippen LogP contribution in [0.25, 0.3) is 0 Å². The number of morpholine rings is 1. The van der Waals surface area contributed by atoms with E-state index in [1.54, 1.807) is 0 Å². The van der Waals surface area contributed by atoms with Crippen molar-refractivity contribution in [3.63, 3.8) is 0 Å². The average Bonchev–Trinajstić information content (AvgIpc) is 3.00. The first-order valence-corrected chi connectivity index (χ1v) is 10.4. The molecule has 2 fully saturated rings. The van der Waals surface area contributed by atoms with E-state index < -0.39 is 0 Å². The van der Waals surface area contributed by atoms with Gasteiger partial charge in [-0.05, 0) is 12.8 Å². The molecule has 28 heavy (non-hydrogen) atoms. The maximum atomic E-state index is 5.45. The van der Waals surface area contributed by atoms with Gasteiger partial charge in [0.2, 0.25) is 5.95 Å². The first-order chi connectivity index (χ1) is 13.7. The van der Waals surface area contributed by atoms with Crippen LogP contribution < -0.4 is 4.90 Å². The zero-order chi connectivity index (χ0) is 19.1. The van der Waals surface area contributed by atoms with Crippen molar-refractivity contribution in [3.05, 3.63) is 41.2 Å². The second-order valence-electron chi connectivity index (χ2n) is 8.40. The van der Waals surface area contributed by atoms with Gasteiger partial charge in [0.1, 0.15) is 5.82 Å². The molecule has 3 aliphatic heterocycles. The molecule has 0 unspecified atom stereocenters. The first kappa shape index (κ1) is 17.9. The minimum atomic E-state index is 0.366. The highest BCUT2D eigenvalue weighted by Gasteiger charge is 2.41. The fourth-order valence-electron chi connectivity index (χ4n) is 4.68. The number of hydrogen-bond donors (Lipinski definition) is 0. The maximum absolute atomic E-state index is 5.45. The van der Waals surface area contributed by atoms with Crippen LogP contribution in [0.1, 0.15) is 61.3 Å². The van der Waals surface area contributed by atoms with Crippen LogP contribution in [0.4, 0.5) is 5.95 Å². The summed E-state index contributed by atoms with van der Waals surface area (Å²) in [6.07, 6.45) is 9.48. The van der Waals surface area contributed by atoms with Crippen molar-refractivity contribution in [2.75, 3.05) is 31.2 Å². The minimum absolute atomic E-state index is 0.366. The van der Waals surface area contributed by atoms with Crippen LogP contribution in [0.5, 0.6) is 0 Å². The van der Waals surface area contributed by atoms with Crippen LogP contribution in [0.15, 0.2) is 18.6 Å². The van der Waals surface area contributed by atoms with Gasteiger partial charge < -0.3 is 9.64 Å². The molecule has 2 saturated heterocycles. The molecule has 5 heterocycles. The first-order valence-electron chi connectivity index (χ1n) is 10.4. The van der Waals surface area contributed by atoms with Gasteiger partial charge in [0, 0.05) is 73.8 Å². The van der Waals surface area contributed by atoms with Crippen LogP contribution in [0, 0.1) is 0 Å². The fraction of sp³-hybridized carbons (Fsp3) is 0.619. The summed E-state index contributed by atoms with van der Waals surface area (Å²) >= 11 is 0. The molecule has 3 aliphatic rings. The molecule has 2 bridgehead atoms. The van der Waals surface area contributed by atoms with Gasteiger partial charge in [0.05, 0.1) is 18.9 Å². The number of rotatable bonds is 4. The van der Waals surface area contributed by atoms with Crippen molar-refractivity contribution in [3.8, 4) is 0 Å². The van der Waals surface area contributed by atoms with E-state index in [1.807, 2.05) is 12.4 Å². The SMILES string of the molecule is CC(C)c1ncc(CN2[C@@H]3CC[C@@H]2c2cnc(N4CCOCC4)nc2C3)cn1. The van der Waals surface area contributed by atoms with E-state index in [4.69, 9.17) is 14.7 Å². The van der Waals surface area contributed by atoms with E-state index in [0.717, 1.165) is 51.0 Å². The highest BCUT2D eigenvalue weighted by molar-refractivity contribution is 5.37. The van der Waals surface area contributed by atoms with E-state index in [2.05, 4.69) is 39.8 Å². The van der Waals surface area contributed by atoms with Gasteiger partial charge >= 0.3 is 0 Å². The average molecular weight is 380 g/mol. The Hall–Kier alpha value is -2.12. The Balaban J connectivity index is 1.35. The molecule has 7 heteroatoms. The van der Waals surface area contributed by atoms with Crippen molar-refractivity contribution in [2.45, 2.75) is 57.7 Å². The second-order valence-corrected chi connectivity index (χ2v) is 8.40. The quantitative estimate of drug-likeness (QED) is 0.807. The summed E-state index contributed by atoms with van der Waals surface area (Å²) in [5.41, 5.74) is 3.74. The predicted octanol–water partition coefficient (Wildman–Crippen LogP) is 2.49. The molecule has 2 aromatic heterocycles. The van der Waals surface area contributed by atoms with E-state index >= 15 is 0 Å². The molecular formula is C21H28N6O. The lowest BCUT2D eigenvalue weighted by molar-refractivity contribution is 0.122. The summed E-state index contributed by atoms with van der Waals surface area (Å²) < 4.78 is 5.45. The van der Waals surface area contributed by atoms with E-state index in [0.29, 0.717) is 18.0 Å². The molecule has 2 aromatic rings. The zero-order valence-corrected chi connectivity index (χ0v) is 16.7. The third-order valence-electron chi connectivity index (χ3n) is 6.22. The van der Waals surface area contributed by atoms with Crippen LogP contribution in [0.2, 0.25) is 0 Å². The van der Waals surface area contributed by atoms with E-state index in [-0.39, 0.29) is 0 Å². The Morgan fingerprint density at radius 3 is 2.61 bits per heavy atom. The lowest BCUT2D eigenvalue weighted by atomic mass is 9.99. The molecule has 0 radical (unpaired) electrons. The van der Waals surface area contributed by atoms with Crippen molar-refractivity contribution in [1.29, 1.82) is 0 Å². The monoisotopic (exact) mass is 380 g/mol. The molecule has 148 valence electrons. The maximum Gasteiger partial charge on any atom is 0.225 e. The lowest BCUT2D eigenvalue weighted by Gasteiger charge is -2.36. The molecule has 0 amide bonds. The van der Waals surface area contributed by atoms with E-state index in [9.17, 15) is 0 Å². The largest absolute Gasteiger partial charge is 0.378 e. The molecular weight excluding hydrogens is 352 g/mol. The van der Waals surface area contributed by atoms with Crippen LogP contribution in [0.3, 0.4) is 0 Å². The number of nitrogens with zero attached hydrogens (tertiary/aromatic N) is 6. The zero-order valence-electron chi connectivity index (χ0n) is 16.7. The lowest BCUT2D eigenvalue weighted by Crippen LogP contribution is -2.40. The predicted molar refractivity (Wildman–Crippen MR) is 106 cm³/mol. The van der Waals surface area contributed by atoms with Crippen LogP contribution >= 0.6 is 0 Å². The Kier molecular flexibility index (Phi) is 4.72. The third-order valence-corrected chi connectivity index (χ3v) is 6.22. The van der Waals surface area contributed by atoms with Gasteiger partial charge in [-0.15, -0.1) is 0 Å². The summed E-state index contributed by atoms with van der Waals surface area (Å²) in [7, 11) is 0. The molecule has 0 aliphatic carbocycles. The standard InChI is InChI=1S/C21H28N6O/c1-14(2)20-22-10-15(11-23-20)13-27-16-3-4-19(27)17-12-24-21(25-18(17)9-16)26-5-7-28-8-6-26/h10-12,14,16,19H,3-9,13H2,1-2H3/t16-,19-/m1/s1. The molecule has 0 aromatic carbocycles. The molecule has 2 atom stereocenters. The summed E-state index contributed by atoms with van der Waals surface area (Å²) in [5, 5.41) is 0. The highest BCUT2D eigenvalue weighted by Crippen LogP contribution is 2.43. The Morgan fingerprint density at radius 2 is 1.86 bits per heavy atom. The second kappa shape index (κ2) is 7.37. The molecule has 7 nitrogen and oxygen atoms in total. The van der Waals surface area contributed by atoms with Gasteiger partial charge in [-0.25, -0.2) is 19.9 Å². The van der Waals surface area contributed by atoms with Crippen LogP contribution in [-0.4, -0.2) is 57.2 Å². The molecule has 0 spiro atoms. The Labute approximate surface area is 166 Å². The summed E-state index contributed by atoms with van der Waals surface area (Å²) in [5.74, 6) is 2.15. The summed E-state index contributed by atoms with van der Waals surface area (Å²) in [6.45, 7) is 8.44. The van der Waals surface area contributed by atoms with Crippen molar-refractivity contribution in [1.82, 2.24) is 24.8 Å². The number of hydrogen-bond acceptors (Lipinski definition) is 7. The smallest absolute Gasteiger partial charge is 0.225 e. The van der Waals surface area contributed by atoms with Gasteiger partial charge in [0.25, 0.3) is 0 Å². The van der Waals surface area contributed by atoms with Gasteiger partial charge in [-0.1, -0.05) is 13.8 Å². The van der Waals surface area contributed by atoms with E-state index in [1.165, 1.54) is 29.7 Å². The van der Waals surface area contributed by atoms with Crippen molar-refractivity contribution < 1.29 is 4.74 Å². The van der Waals surface area contributed by atoms with Crippen molar-refractivity contribution in [2.24, 2.45) is 0 Å². The Morgan fingerprint density at radius 1 is 1.07 bits per heavy atom. The number of fused-ring (bicyclic) bond motifs is 4. The summed E-state index contributed by atoms with van der Waals surface area (Å²) in [4.78, 5) is 23.6. The van der Waals surface area contributed by atoms with Gasteiger partial charge in [-0.3, -0.25) is 4.90 Å². The normalized spacial score (nSPS) is 24.6. The Bertz CT molecular complexity index is 833. The number of aromatic nitrogens is 4. The van der Waals surface area contributed by atoms with Crippen LogP contribution in [-0.2, 0) is 17.7 Å².